The van der Waals surface area contributed by atoms with E-state index in [9.17, 15) is 13.2 Å². The highest BCUT2D eigenvalue weighted by molar-refractivity contribution is 7.92. The lowest BCUT2D eigenvalue weighted by Gasteiger charge is -2.10. The van der Waals surface area contributed by atoms with Gasteiger partial charge in [0, 0.05) is 18.4 Å². The van der Waals surface area contributed by atoms with Gasteiger partial charge in [0.2, 0.25) is 0 Å². The summed E-state index contributed by atoms with van der Waals surface area (Å²) in [5.74, 6) is 0.491. The Balaban J connectivity index is 2.08. The second-order valence-corrected chi connectivity index (χ2v) is 6.73. The van der Waals surface area contributed by atoms with Crippen molar-refractivity contribution in [3.8, 4) is 5.75 Å². The van der Waals surface area contributed by atoms with Crippen LogP contribution in [0.25, 0.3) is 0 Å². The van der Waals surface area contributed by atoms with Crippen molar-refractivity contribution in [2.75, 3.05) is 25.0 Å². The van der Waals surface area contributed by atoms with Gasteiger partial charge in [-0.2, -0.15) is 0 Å². The van der Waals surface area contributed by atoms with Gasteiger partial charge in [-0.1, -0.05) is 0 Å². The maximum Gasteiger partial charge on any atom is 0.261 e. The minimum atomic E-state index is -3.70. The molecule has 0 saturated carbocycles. The number of carbonyl (C=O) groups is 1. The molecule has 0 bridgehead atoms. The molecule has 128 valence electrons. The molecule has 0 radical (unpaired) electrons. The summed E-state index contributed by atoms with van der Waals surface area (Å²) in [7, 11) is -2.13. The van der Waals surface area contributed by atoms with Crippen molar-refractivity contribution in [1.29, 1.82) is 0 Å². The summed E-state index contributed by atoms with van der Waals surface area (Å²) in [6.45, 7) is 2.30. The van der Waals surface area contributed by atoms with Crippen LogP contribution in [-0.4, -0.2) is 34.5 Å². The largest absolute Gasteiger partial charge is 0.491 e. The van der Waals surface area contributed by atoms with Crippen molar-refractivity contribution < 1.29 is 22.7 Å². The summed E-state index contributed by atoms with van der Waals surface area (Å²) >= 11 is 0. The Labute approximate surface area is 141 Å². The molecule has 24 heavy (non-hydrogen) atoms. The van der Waals surface area contributed by atoms with Crippen molar-refractivity contribution in [3.63, 3.8) is 0 Å². The zero-order chi connectivity index (χ0) is 17.6. The predicted octanol–water partition coefficient (Wildman–Crippen LogP) is 2.72. The first-order valence-corrected chi connectivity index (χ1v) is 8.76. The first-order valence-electron chi connectivity index (χ1n) is 7.28. The molecule has 0 fully saturated rings. The summed E-state index contributed by atoms with van der Waals surface area (Å²) in [4.78, 5) is 11.4. The van der Waals surface area contributed by atoms with Crippen molar-refractivity contribution in [2.45, 2.75) is 11.8 Å². The molecule has 6 nitrogen and oxygen atoms in total. The Morgan fingerprint density at radius 1 is 1.00 bits per heavy atom. The minimum Gasteiger partial charge on any atom is -0.491 e. The van der Waals surface area contributed by atoms with Gasteiger partial charge in [0.1, 0.15) is 12.4 Å². The number of benzene rings is 2. The first-order chi connectivity index (χ1) is 11.4. The summed E-state index contributed by atoms with van der Waals surface area (Å²) in [6, 6.07) is 12.4. The van der Waals surface area contributed by atoms with Gasteiger partial charge in [0.15, 0.2) is 5.78 Å². The van der Waals surface area contributed by atoms with E-state index in [0.717, 1.165) is 0 Å². The fourth-order valence-corrected chi connectivity index (χ4v) is 3.00. The number of carbonyl (C=O) groups excluding carboxylic acids is 1. The molecule has 0 atom stereocenters. The number of hydrogen-bond acceptors (Lipinski definition) is 5. The normalized spacial score (nSPS) is 11.1. The minimum absolute atomic E-state index is 0.0755. The molecule has 7 heteroatoms. The lowest BCUT2D eigenvalue weighted by Crippen LogP contribution is -2.13. The highest BCUT2D eigenvalue weighted by Gasteiger charge is 2.14. The second kappa shape index (κ2) is 7.94. The van der Waals surface area contributed by atoms with Crippen LogP contribution < -0.4 is 9.46 Å². The van der Waals surface area contributed by atoms with Crippen molar-refractivity contribution in [2.24, 2.45) is 0 Å². The summed E-state index contributed by atoms with van der Waals surface area (Å²) in [6.07, 6.45) is 0. The fraction of sp³-hybridized carbons (Fsp3) is 0.235. The number of ether oxygens (including phenoxy) is 2. The molecule has 0 unspecified atom stereocenters. The third kappa shape index (κ3) is 4.81. The van der Waals surface area contributed by atoms with Gasteiger partial charge >= 0.3 is 0 Å². The highest BCUT2D eigenvalue weighted by atomic mass is 32.2. The smallest absolute Gasteiger partial charge is 0.261 e. The number of ketones is 1. The zero-order valence-corrected chi connectivity index (χ0v) is 14.3. The Morgan fingerprint density at radius 3 is 2.17 bits per heavy atom. The lowest BCUT2D eigenvalue weighted by molar-refractivity contribution is 0.101. The molecule has 2 aromatic carbocycles. The Kier molecular flexibility index (Phi) is 5.94. The molecule has 2 rings (SSSR count). The fourth-order valence-electron chi connectivity index (χ4n) is 1.94. The van der Waals surface area contributed by atoms with Crippen LogP contribution in [0, 0.1) is 0 Å². The maximum atomic E-state index is 12.4. The van der Waals surface area contributed by atoms with Crippen LogP contribution in [0.3, 0.4) is 0 Å². The number of rotatable bonds is 8. The number of hydrogen-bond donors (Lipinski definition) is 1. The van der Waals surface area contributed by atoms with Crippen molar-refractivity contribution in [3.05, 3.63) is 54.1 Å². The number of sulfonamides is 1. The molecule has 0 aliphatic heterocycles. The van der Waals surface area contributed by atoms with E-state index in [4.69, 9.17) is 9.47 Å². The van der Waals surface area contributed by atoms with E-state index in [1.807, 2.05) is 0 Å². The van der Waals surface area contributed by atoms with E-state index in [2.05, 4.69) is 4.72 Å². The predicted molar refractivity (Wildman–Crippen MR) is 91.1 cm³/mol. The summed E-state index contributed by atoms with van der Waals surface area (Å²) in [5, 5.41) is 0. The van der Waals surface area contributed by atoms with Gasteiger partial charge in [-0.3, -0.25) is 9.52 Å². The van der Waals surface area contributed by atoms with Crippen molar-refractivity contribution >= 4 is 21.5 Å². The first kappa shape index (κ1) is 18.0. The third-order valence-electron chi connectivity index (χ3n) is 3.23. The van der Waals surface area contributed by atoms with Gasteiger partial charge in [-0.25, -0.2) is 8.42 Å². The Hall–Kier alpha value is -2.38. The molecule has 0 heterocycles. The highest BCUT2D eigenvalue weighted by Crippen LogP contribution is 2.19. The number of anilines is 1. The average Bonchev–Trinajstić information content (AvgIpc) is 2.56. The monoisotopic (exact) mass is 349 g/mol. The van der Waals surface area contributed by atoms with Crippen molar-refractivity contribution in [1.82, 2.24) is 0 Å². The standard InChI is InChI=1S/C17H19NO5S/c1-13(19)14-3-5-15(6-4-14)18-24(20,21)17-9-7-16(8-10-17)23-12-11-22-2/h3-10,18H,11-12H2,1-2H3. The van der Waals surface area contributed by atoms with E-state index in [0.29, 0.717) is 30.2 Å². The van der Waals surface area contributed by atoms with Crippen LogP contribution in [-0.2, 0) is 14.8 Å². The van der Waals surface area contributed by atoms with Crippen LogP contribution in [0.2, 0.25) is 0 Å². The van der Waals surface area contributed by atoms with E-state index >= 15 is 0 Å². The molecule has 2 aromatic rings. The van der Waals surface area contributed by atoms with Gasteiger partial charge < -0.3 is 9.47 Å². The molecular weight excluding hydrogens is 330 g/mol. The lowest BCUT2D eigenvalue weighted by atomic mass is 10.1. The van der Waals surface area contributed by atoms with Crippen LogP contribution >= 0.6 is 0 Å². The van der Waals surface area contributed by atoms with Gasteiger partial charge in [0.25, 0.3) is 10.0 Å². The SMILES string of the molecule is COCCOc1ccc(S(=O)(=O)Nc2ccc(C(C)=O)cc2)cc1. The molecule has 0 aliphatic rings. The summed E-state index contributed by atoms with van der Waals surface area (Å²) in [5.41, 5.74) is 0.913. The van der Waals surface area contributed by atoms with E-state index in [1.54, 1.807) is 43.5 Å². The van der Waals surface area contributed by atoms with E-state index in [1.165, 1.54) is 19.1 Å². The Bertz CT molecular complexity index is 783. The molecule has 0 aliphatic carbocycles. The van der Waals surface area contributed by atoms with Gasteiger partial charge in [-0.05, 0) is 55.5 Å². The molecule has 0 amide bonds. The van der Waals surface area contributed by atoms with E-state index in [-0.39, 0.29) is 10.7 Å². The van der Waals surface area contributed by atoms with E-state index < -0.39 is 10.0 Å². The molecule has 1 N–H and O–H groups in total. The quantitative estimate of drug-likeness (QED) is 0.585. The number of Topliss-reactive ketones (excluding diaryl/α,β-unsaturated/α-hetero) is 1. The maximum absolute atomic E-state index is 12.4. The molecule has 0 spiro atoms. The van der Waals surface area contributed by atoms with Crippen LogP contribution in [0.4, 0.5) is 5.69 Å². The molecule has 0 aromatic heterocycles. The van der Waals surface area contributed by atoms with Crippen LogP contribution in [0.15, 0.2) is 53.4 Å². The summed E-state index contributed by atoms with van der Waals surface area (Å²) < 4.78 is 37.5. The second-order valence-electron chi connectivity index (χ2n) is 5.05. The molecular formula is C17H19NO5S. The number of methoxy groups -OCH3 is 1. The Morgan fingerprint density at radius 2 is 1.62 bits per heavy atom. The number of nitrogens with one attached hydrogen (secondary N) is 1. The van der Waals surface area contributed by atoms with Crippen LogP contribution in [0.5, 0.6) is 5.75 Å². The average molecular weight is 349 g/mol. The molecule has 0 saturated heterocycles. The van der Waals surface area contributed by atoms with Gasteiger partial charge in [0.05, 0.1) is 11.5 Å². The third-order valence-corrected chi connectivity index (χ3v) is 4.63. The van der Waals surface area contributed by atoms with Crippen LogP contribution in [0.1, 0.15) is 17.3 Å². The van der Waals surface area contributed by atoms with Gasteiger partial charge in [-0.15, -0.1) is 0 Å². The topological polar surface area (TPSA) is 81.7 Å². The zero-order valence-electron chi connectivity index (χ0n) is 13.5.